The maximum atomic E-state index is 10.3. The van der Waals surface area contributed by atoms with Crippen LogP contribution in [0.15, 0.2) is 35.5 Å². The molecule has 3 heteroatoms. The van der Waals surface area contributed by atoms with Gasteiger partial charge in [0.15, 0.2) is 0 Å². The molecule has 30 heavy (non-hydrogen) atoms. The van der Waals surface area contributed by atoms with Crippen molar-refractivity contribution >= 4 is 0 Å². The Hall–Kier alpha value is -0.900. The van der Waals surface area contributed by atoms with E-state index in [4.69, 9.17) is 0 Å². The number of aliphatic hydroxyl groups is 3. The van der Waals surface area contributed by atoms with Crippen molar-refractivity contribution in [1.29, 1.82) is 0 Å². The van der Waals surface area contributed by atoms with Crippen LogP contribution in [0.2, 0.25) is 0 Å². The molecule has 0 aliphatic heterocycles. The summed E-state index contributed by atoms with van der Waals surface area (Å²) in [5, 5.41) is 30.3. The molecular weight excluding hydrogens is 372 g/mol. The minimum absolute atomic E-state index is 0.215. The highest BCUT2D eigenvalue weighted by molar-refractivity contribution is 5.36. The molecule has 0 amide bonds. The summed E-state index contributed by atoms with van der Waals surface area (Å²) in [5.41, 5.74) is 3.34. The summed E-state index contributed by atoms with van der Waals surface area (Å²) < 4.78 is 0. The molecule has 0 bridgehead atoms. The lowest BCUT2D eigenvalue weighted by Crippen LogP contribution is -2.38. The van der Waals surface area contributed by atoms with Crippen molar-refractivity contribution in [2.45, 2.75) is 110 Å². The van der Waals surface area contributed by atoms with E-state index < -0.39 is 11.7 Å². The minimum atomic E-state index is -1.02. The Morgan fingerprint density at radius 1 is 1.17 bits per heavy atom. The van der Waals surface area contributed by atoms with Crippen molar-refractivity contribution in [3.05, 3.63) is 35.5 Å². The predicted octanol–water partition coefficient (Wildman–Crippen LogP) is 5.70. The zero-order valence-corrected chi connectivity index (χ0v) is 19.7. The van der Waals surface area contributed by atoms with Gasteiger partial charge in [0.25, 0.3) is 0 Å². The predicted molar refractivity (Wildman–Crippen MR) is 124 cm³/mol. The highest BCUT2D eigenvalue weighted by Gasteiger charge is 2.50. The van der Waals surface area contributed by atoms with E-state index in [-0.39, 0.29) is 6.10 Å². The first-order chi connectivity index (χ1) is 14.0. The van der Waals surface area contributed by atoms with Gasteiger partial charge in [-0.2, -0.15) is 0 Å². The monoisotopic (exact) mass is 416 g/mol. The van der Waals surface area contributed by atoms with Crippen molar-refractivity contribution in [3.8, 4) is 0 Å². The smallest absolute Gasteiger partial charge is 0.0849 e. The van der Waals surface area contributed by atoms with Crippen molar-refractivity contribution in [2.24, 2.45) is 23.2 Å². The van der Waals surface area contributed by atoms with Crippen molar-refractivity contribution < 1.29 is 15.3 Å². The number of hydrogen-bond donors (Lipinski definition) is 3. The van der Waals surface area contributed by atoms with Crippen LogP contribution in [0.4, 0.5) is 0 Å². The van der Waals surface area contributed by atoms with Crippen molar-refractivity contribution in [2.75, 3.05) is 0 Å². The van der Waals surface area contributed by atoms with Gasteiger partial charge in [0.1, 0.15) is 0 Å². The lowest BCUT2D eigenvalue weighted by atomic mass is 9.60. The molecule has 0 aromatic heterocycles. The molecule has 3 fully saturated rings. The molecular formula is C27H44O3. The molecule has 3 rings (SSSR count). The molecule has 0 saturated heterocycles. The Labute approximate surface area is 184 Å². The zero-order valence-electron chi connectivity index (χ0n) is 19.7. The summed E-state index contributed by atoms with van der Waals surface area (Å²) in [6, 6.07) is 0. The lowest BCUT2D eigenvalue weighted by molar-refractivity contribution is -0.0554. The fourth-order valence-electron chi connectivity index (χ4n) is 6.58. The highest BCUT2D eigenvalue weighted by atomic mass is 16.3. The molecule has 170 valence electrons. The maximum Gasteiger partial charge on any atom is 0.0849 e. The average molecular weight is 417 g/mol. The average Bonchev–Trinajstić information content (AvgIpc) is 3.03. The highest BCUT2D eigenvalue weighted by Crippen LogP contribution is 2.60. The summed E-state index contributed by atoms with van der Waals surface area (Å²) in [4.78, 5) is 0. The molecule has 0 heterocycles. The number of fused-ring (bicyclic) bond motifs is 1. The molecule has 3 N–H and O–H groups in total. The summed E-state index contributed by atoms with van der Waals surface area (Å²) in [5.74, 6) is 1.89. The van der Waals surface area contributed by atoms with Crippen LogP contribution >= 0.6 is 0 Å². The quantitative estimate of drug-likeness (QED) is 0.520. The van der Waals surface area contributed by atoms with Gasteiger partial charge in [-0.1, -0.05) is 43.7 Å². The second-order valence-corrected chi connectivity index (χ2v) is 11.3. The Bertz CT molecular complexity index is 683. The van der Waals surface area contributed by atoms with E-state index in [9.17, 15) is 15.3 Å². The van der Waals surface area contributed by atoms with E-state index in [0.717, 1.165) is 25.7 Å². The van der Waals surface area contributed by atoms with Gasteiger partial charge < -0.3 is 15.3 Å². The van der Waals surface area contributed by atoms with E-state index in [1.807, 2.05) is 0 Å². The van der Waals surface area contributed by atoms with Crippen LogP contribution in [-0.2, 0) is 0 Å². The normalized spacial score (nSPS) is 37.4. The standard InChI is InChI=1S/C27H44O3/c1-18-8-12-22(28)17-21(18)11-10-20-7-6-16-27(5)23(13-14-24(20)27)19(2)9-15-25(29)26(3,4)30/h10-11,19,22-25,28-30H,1,6-9,12-17H2,2-5H3/b20-10+,21-11-/t19?,22-,23?,24?,25-,27-/m1/s1. The van der Waals surface area contributed by atoms with E-state index in [1.165, 1.54) is 43.3 Å². The van der Waals surface area contributed by atoms with Gasteiger partial charge >= 0.3 is 0 Å². The van der Waals surface area contributed by atoms with E-state index in [1.54, 1.807) is 19.4 Å². The van der Waals surface area contributed by atoms with Crippen LogP contribution in [0, 0.1) is 23.2 Å². The summed E-state index contributed by atoms with van der Waals surface area (Å²) in [6.07, 6.45) is 14.1. The molecule has 3 aliphatic carbocycles. The third-order valence-electron chi connectivity index (χ3n) is 8.62. The van der Waals surface area contributed by atoms with Crippen LogP contribution in [0.1, 0.15) is 91.9 Å². The molecule has 3 saturated carbocycles. The second kappa shape index (κ2) is 9.30. The van der Waals surface area contributed by atoms with Crippen LogP contribution in [0.25, 0.3) is 0 Å². The molecule has 3 unspecified atom stereocenters. The first-order valence-electron chi connectivity index (χ1n) is 12.2. The topological polar surface area (TPSA) is 60.7 Å². The molecule has 0 aromatic carbocycles. The van der Waals surface area contributed by atoms with Crippen LogP contribution in [0.5, 0.6) is 0 Å². The van der Waals surface area contributed by atoms with Crippen molar-refractivity contribution in [3.63, 3.8) is 0 Å². The SMILES string of the molecule is C=C1CC[C@@H](O)C/C1=C/C=C1\CCC[C@@]2(C)C1CCC2C(C)CC[C@@H](O)C(C)(C)O. The number of hydrogen-bond acceptors (Lipinski definition) is 3. The first kappa shape index (κ1) is 23.8. The van der Waals surface area contributed by atoms with Gasteiger partial charge in [0.05, 0.1) is 17.8 Å². The van der Waals surface area contributed by atoms with Gasteiger partial charge in [-0.15, -0.1) is 0 Å². The van der Waals surface area contributed by atoms with Crippen molar-refractivity contribution in [1.82, 2.24) is 0 Å². The maximum absolute atomic E-state index is 10.3. The van der Waals surface area contributed by atoms with E-state index in [0.29, 0.717) is 29.6 Å². The largest absolute Gasteiger partial charge is 0.393 e. The Morgan fingerprint density at radius 3 is 2.60 bits per heavy atom. The molecule has 3 aliphatic rings. The second-order valence-electron chi connectivity index (χ2n) is 11.3. The van der Waals surface area contributed by atoms with Gasteiger partial charge in [-0.3, -0.25) is 0 Å². The Morgan fingerprint density at radius 2 is 1.90 bits per heavy atom. The lowest BCUT2D eigenvalue weighted by Gasteiger charge is -2.44. The van der Waals surface area contributed by atoms with Gasteiger partial charge in [-0.25, -0.2) is 0 Å². The molecule has 0 spiro atoms. The van der Waals surface area contributed by atoms with E-state index in [2.05, 4.69) is 32.6 Å². The molecule has 3 nitrogen and oxygen atoms in total. The molecule has 0 aromatic rings. The van der Waals surface area contributed by atoms with Gasteiger partial charge in [0.2, 0.25) is 0 Å². The first-order valence-corrected chi connectivity index (χ1v) is 12.2. The van der Waals surface area contributed by atoms with Crippen LogP contribution in [0.3, 0.4) is 0 Å². The third-order valence-corrected chi connectivity index (χ3v) is 8.62. The van der Waals surface area contributed by atoms with E-state index >= 15 is 0 Å². The Balaban J connectivity index is 1.69. The number of allylic oxidation sites excluding steroid dienone is 4. The summed E-state index contributed by atoms with van der Waals surface area (Å²) in [6.45, 7) is 12.5. The summed E-state index contributed by atoms with van der Waals surface area (Å²) >= 11 is 0. The van der Waals surface area contributed by atoms with Gasteiger partial charge in [-0.05, 0) is 107 Å². The Kier molecular flexibility index (Phi) is 7.37. The zero-order chi connectivity index (χ0) is 22.1. The van der Waals surface area contributed by atoms with Crippen LogP contribution in [-0.4, -0.2) is 33.1 Å². The minimum Gasteiger partial charge on any atom is -0.393 e. The van der Waals surface area contributed by atoms with Gasteiger partial charge in [0, 0.05) is 0 Å². The third kappa shape index (κ3) is 5.11. The number of rotatable bonds is 6. The number of aliphatic hydroxyl groups excluding tert-OH is 2. The van der Waals surface area contributed by atoms with Crippen LogP contribution < -0.4 is 0 Å². The fourth-order valence-corrected chi connectivity index (χ4v) is 6.58. The molecule has 0 radical (unpaired) electrons. The molecule has 6 atom stereocenters. The summed E-state index contributed by atoms with van der Waals surface area (Å²) in [7, 11) is 0. The fraction of sp³-hybridized carbons (Fsp3) is 0.778.